The average Bonchev–Trinajstić information content (AvgIpc) is 2.31. The molecule has 0 bridgehead atoms. The molecule has 1 aromatic carbocycles. The molecule has 0 fully saturated rings. The summed E-state index contributed by atoms with van der Waals surface area (Å²) in [5.41, 5.74) is 5.91. The summed E-state index contributed by atoms with van der Waals surface area (Å²) in [6, 6.07) is 6.58. The van der Waals surface area contributed by atoms with Gasteiger partial charge in [-0.25, -0.2) is 4.39 Å². The van der Waals surface area contributed by atoms with Gasteiger partial charge in [0, 0.05) is 5.39 Å². The minimum absolute atomic E-state index is 0.265. The summed E-state index contributed by atoms with van der Waals surface area (Å²) in [5.74, 6) is 0.226. The summed E-state index contributed by atoms with van der Waals surface area (Å²) in [6.45, 7) is 0. The molecule has 2 aromatic rings. The molecular weight excluding hydrogens is 143 g/mol. The van der Waals surface area contributed by atoms with Crippen LogP contribution in [-0.2, 0) is 0 Å². The first-order chi connectivity index (χ1) is 5.27. The van der Waals surface area contributed by atoms with Crippen molar-refractivity contribution < 1.29 is 4.39 Å². The average molecular weight is 150 g/mol. The second-order valence-corrected chi connectivity index (χ2v) is 2.43. The summed E-state index contributed by atoms with van der Waals surface area (Å²) < 4.78 is 12.9. The third-order valence-electron chi connectivity index (χ3n) is 1.63. The number of hydrogen-bond acceptors (Lipinski definition) is 1. The number of aromatic nitrogens is 1. The summed E-state index contributed by atoms with van der Waals surface area (Å²) in [7, 11) is 0. The number of nitrogens with one attached hydrogen (secondary N) is 1. The van der Waals surface area contributed by atoms with Crippen molar-refractivity contribution in [2.24, 2.45) is 0 Å². The zero-order valence-corrected chi connectivity index (χ0v) is 5.76. The van der Waals surface area contributed by atoms with Crippen LogP contribution in [-0.4, -0.2) is 4.98 Å². The van der Waals surface area contributed by atoms with Crippen molar-refractivity contribution in [2.75, 3.05) is 5.73 Å². The molecule has 2 rings (SSSR count). The van der Waals surface area contributed by atoms with E-state index in [9.17, 15) is 4.39 Å². The fourth-order valence-electron chi connectivity index (χ4n) is 1.14. The molecule has 0 saturated carbocycles. The van der Waals surface area contributed by atoms with Gasteiger partial charge in [0.1, 0.15) is 11.6 Å². The maximum Gasteiger partial charge on any atom is 0.147 e. The van der Waals surface area contributed by atoms with Gasteiger partial charge in [-0.1, -0.05) is 12.1 Å². The van der Waals surface area contributed by atoms with E-state index in [-0.39, 0.29) is 5.82 Å². The van der Waals surface area contributed by atoms with Gasteiger partial charge in [0.15, 0.2) is 0 Å². The lowest BCUT2D eigenvalue weighted by Gasteiger charge is -1.88. The van der Waals surface area contributed by atoms with E-state index in [0.717, 1.165) is 5.39 Å². The first kappa shape index (κ1) is 6.22. The highest BCUT2D eigenvalue weighted by atomic mass is 19.1. The Labute approximate surface area is 62.8 Å². The third kappa shape index (κ3) is 0.852. The maximum absolute atomic E-state index is 12.9. The first-order valence-electron chi connectivity index (χ1n) is 3.30. The fraction of sp³-hybridized carbons (Fsp3) is 0. The van der Waals surface area contributed by atoms with Gasteiger partial charge in [-0.3, -0.25) is 0 Å². The van der Waals surface area contributed by atoms with Crippen molar-refractivity contribution in [3.63, 3.8) is 0 Å². The molecule has 1 heterocycles. The predicted molar refractivity (Wildman–Crippen MR) is 42.7 cm³/mol. The zero-order chi connectivity index (χ0) is 7.84. The summed E-state index contributed by atoms with van der Waals surface area (Å²) in [4.78, 5) is 2.73. The minimum Gasteiger partial charge on any atom is -0.385 e. The topological polar surface area (TPSA) is 41.8 Å². The number of para-hydroxylation sites is 1. The van der Waals surface area contributed by atoms with Crippen molar-refractivity contribution in [1.29, 1.82) is 0 Å². The number of H-pyrrole nitrogens is 1. The second kappa shape index (κ2) is 1.99. The van der Waals surface area contributed by atoms with Gasteiger partial charge >= 0.3 is 0 Å². The number of nitrogen functional groups attached to an aromatic ring is 1. The van der Waals surface area contributed by atoms with E-state index in [0.29, 0.717) is 11.3 Å². The molecule has 11 heavy (non-hydrogen) atoms. The predicted octanol–water partition coefficient (Wildman–Crippen LogP) is 1.89. The van der Waals surface area contributed by atoms with E-state index in [2.05, 4.69) is 4.98 Å². The highest BCUT2D eigenvalue weighted by molar-refractivity contribution is 5.83. The Morgan fingerprint density at radius 2 is 2.18 bits per heavy atom. The highest BCUT2D eigenvalue weighted by Gasteiger charge is 2.01. The smallest absolute Gasteiger partial charge is 0.147 e. The van der Waals surface area contributed by atoms with Crippen LogP contribution in [0.5, 0.6) is 0 Å². The van der Waals surface area contributed by atoms with E-state index in [1.165, 1.54) is 6.07 Å². The maximum atomic E-state index is 12.9. The van der Waals surface area contributed by atoms with Crippen LogP contribution in [0.4, 0.5) is 10.2 Å². The largest absolute Gasteiger partial charge is 0.385 e. The number of rotatable bonds is 0. The lowest BCUT2D eigenvalue weighted by molar-refractivity contribution is 0.637. The van der Waals surface area contributed by atoms with Crippen molar-refractivity contribution >= 4 is 16.7 Å². The van der Waals surface area contributed by atoms with Crippen molar-refractivity contribution in [1.82, 2.24) is 4.98 Å². The molecule has 0 atom stereocenters. The van der Waals surface area contributed by atoms with Gasteiger partial charge in [0.05, 0.1) is 5.52 Å². The SMILES string of the molecule is Nc1cc2cccc(F)c2[nH]1. The van der Waals surface area contributed by atoms with Crippen LogP contribution in [0.25, 0.3) is 10.9 Å². The van der Waals surface area contributed by atoms with E-state index < -0.39 is 0 Å². The van der Waals surface area contributed by atoms with E-state index in [4.69, 9.17) is 5.73 Å². The van der Waals surface area contributed by atoms with Crippen LogP contribution >= 0.6 is 0 Å². The first-order valence-corrected chi connectivity index (χ1v) is 3.30. The minimum atomic E-state index is -0.265. The molecule has 56 valence electrons. The van der Waals surface area contributed by atoms with Crippen LogP contribution in [0, 0.1) is 5.82 Å². The molecule has 0 amide bonds. The van der Waals surface area contributed by atoms with Crippen molar-refractivity contribution in [2.45, 2.75) is 0 Å². The fourth-order valence-corrected chi connectivity index (χ4v) is 1.14. The van der Waals surface area contributed by atoms with E-state index in [1.807, 2.05) is 6.07 Å². The van der Waals surface area contributed by atoms with Crippen LogP contribution in [0.1, 0.15) is 0 Å². The van der Waals surface area contributed by atoms with Crippen LogP contribution in [0.3, 0.4) is 0 Å². The van der Waals surface area contributed by atoms with Gasteiger partial charge in [-0.2, -0.15) is 0 Å². The molecule has 1 aromatic heterocycles. The quantitative estimate of drug-likeness (QED) is 0.591. The number of fused-ring (bicyclic) bond motifs is 1. The highest BCUT2D eigenvalue weighted by Crippen LogP contribution is 2.18. The molecule has 0 aliphatic heterocycles. The van der Waals surface area contributed by atoms with Gasteiger partial charge in [0.2, 0.25) is 0 Å². The standard InChI is InChI=1S/C8H7FN2/c9-6-3-1-2-5-4-7(10)11-8(5)6/h1-4,11H,10H2. The number of aromatic amines is 1. The third-order valence-corrected chi connectivity index (χ3v) is 1.63. The number of anilines is 1. The molecule has 3 N–H and O–H groups in total. The van der Waals surface area contributed by atoms with Crippen LogP contribution in [0.15, 0.2) is 24.3 Å². The molecule has 0 radical (unpaired) electrons. The molecule has 0 unspecified atom stereocenters. The van der Waals surface area contributed by atoms with Gasteiger partial charge in [-0.15, -0.1) is 0 Å². The molecule has 0 spiro atoms. The molecule has 0 aliphatic carbocycles. The van der Waals surface area contributed by atoms with Crippen molar-refractivity contribution in [3.05, 3.63) is 30.1 Å². The number of hydrogen-bond donors (Lipinski definition) is 2. The van der Waals surface area contributed by atoms with Gasteiger partial charge < -0.3 is 10.7 Å². The number of benzene rings is 1. The van der Waals surface area contributed by atoms with Crippen molar-refractivity contribution in [3.8, 4) is 0 Å². The molecular formula is C8H7FN2. The van der Waals surface area contributed by atoms with Gasteiger partial charge in [-0.05, 0) is 12.1 Å². The summed E-state index contributed by atoms with van der Waals surface area (Å²) >= 11 is 0. The molecule has 2 nitrogen and oxygen atoms in total. The van der Waals surface area contributed by atoms with Crippen LogP contribution < -0.4 is 5.73 Å². The molecule has 0 saturated heterocycles. The lowest BCUT2D eigenvalue weighted by Crippen LogP contribution is -1.81. The Hall–Kier alpha value is -1.51. The summed E-state index contributed by atoms with van der Waals surface area (Å²) in [6.07, 6.45) is 0. The Morgan fingerprint density at radius 1 is 1.36 bits per heavy atom. The summed E-state index contributed by atoms with van der Waals surface area (Å²) in [5, 5.41) is 0.808. The Balaban J connectivity index is 2.90. The number of nitrogens with two attached hydrogens (primary N) is 1. The Morgan fingerprint density at radius 3 is 2.91 bits per heavy atom. The van der Waals surface area contributed by atoms with E-state index >= 15 is 0 Å². The monoisotopic (exact) mass is 150 g/mol. The van der Waals surface area contributed by atoms with Crippen LogP contribution in [0.2, 0.25) is 0 Å². The Kier molecular flexibility index (Phi) is 1.12. The second-order valence-electron chi connectivity index (χ2n) is 2.43. The van der Waals surface area contributed by atoms with E-state index in [1.54, 1.807) is 12.1 Å². The lowest BCUT2D eigenvalue weighted by atomic mass is 10.2. The Bertz CT molecular complexity index is 392. The molecule has 0 aliphatic rings. The molecule has 3 heteroatoms. The van der Waals surface area contributed by atoms with Gasteiger partial charge in [0.25, 0.3) is 0 Å². The number of halogens is 1. The zero-order valence-electron chi connectivity index (χ0n) is 5.76. The normalized spacial score (nSPS) is 10.6.